The van der Waals surface area contributed by atoms with Crippen LogP contribution in [0, 0.1) is 6.92 Å². The molecule has 34 heavy (non-hydrogen) atoms. The van der Waals surface area contributed by atoms with Gasteiger partial charge >= 0.3 is 12.1 Å². The average molecular weight is 471 g/mol. The van der Waals surface area contributed by atoms with E-state index in [4.69, 9.17) is 9.84 Å². The Hall–Kier alpha value is -3.75. The Morgan fingerprint density at radius 2 is 1.97 bits per heavy atom. The first-order chi connectivity index (χ1) is 16.1. The number of halogens is 3. The Labute approximate surface area is 195 Å². The molecule has 3 aromatic rings. The number of alkyl halides is 3. The number of nitrogens with zero attached hydrogens (tertiary/aromatic N) is 2. The number of pyridine rings is 1. The molecule has 0 radical (unpaired) electrons. The molecule has 4 rings (SSSR count). The predicted octanol–water partition coefficient (Wildman–Crippen LogP) is 5.68. The number of carboxylic acid groups (broad SMARTS) is 1. The Balaban J connectivity index is 1.63. The second-order valence-electron chi connectivity index (χ2n) is 8.23. The van der Waals surface area contributed by atoms with Gasteiger partial charge in [-0.1, -0.05) is 24.3 Å². The maximum atomic E-state index is 13.2. The fraction of sp³-hybridized carbons (Fsp3) is 0.280. The number of carboxylic acids is 1. The lowest BCUT2D eigenvalue weighted by Crippen LogP contribution is -2.33. The van der Waals surface area contributed by atoms with Crippen LogP contribution >= 0.6 is 0 Å². The Bertz CT molecular complexity index is 1200. The molecule has 1 aromatic heterocycles. The second kappa shape index (κ2) is 9.24. The van der Waals surface area contributed by atoms with Crippen LogP contribution in [0.1, 0.15) is 45.6 Å². The van der Waals surface area contributed by atoms with E-state index in [2.05, 4.69) is 10.3 Å². The van der Waals surface area contributed by atoms with Gasteiger partial charge in [0.05, 0.1) is 23.7 Å². The maximum Gasteiger partial charge on any atom is 0.416 e. The van der Waals surface area contributed by atoms with Crippen LogP contribution in [0.25, 0.3) is 0 Å². The Morgan fingerprint density at radius 3 is 2.65 bits per heavy atom. The molecule has 0 saturated carbocycles. The van der Waals surface area contributed by atoms with E-state index in [0.717, 1.165) is 23.3 Å². The van der Waals surface area contributed by atoms with Crippen molar-refractivity contribution in [1.82, 2.24) is 4.98 Å². The molecule has 0 amide bonds. The number of rotatable bonds is 6. The number of nitrogens with one attached hydrogen (secondary N) is 1. The third-order valence-electron chi connectivity index (χ3n) is 5.75. The molecular formula is C25H24F3N3O3. The molecule has 1 aliphatic heterocycles. The van der Waals surface area contributed by atoms with Crippen molar-refractivity contribution in [3.8, 4) is 5.75 Å². The van der Waals surface area contributed by atoms with Crippen molar-refractivity contribution in [3.05, 3.63) is 82.5 Å². The fourth-order valence-corrected chi connectivity index (χ4v) is 3.95. The summed E-state index contributed by atoms with van der Waals surface area (Å²) in [5.74, 6) is 0.190. The number of hydrogen-bond acceptors (Lipinski definition) is 5. The SMILES string of the molecule is Cc1cnc(NC(C)c2ccc(C(=O)O)cc2)c2c1OCCN2Cc1cccc(C(F)(F)F)c1. The van der Waals surface area contributed by atoms with Crippen LogP contribution in [0.4, 0.5) is 24.7 Å². The third-order valence-corrected chi connectivity index (χ3v) is 5.75. The van der Waals surface area contributed by atoms with Crippen LogP contribution in [-0.2, 0) is 12.7 Å². The van der Waals surface area contributed by atoms with Crippen LogP contribution in [0.5, 0.6) is 5.75 Å². The molecule has 0 bridgehead atoms. The number of hydrogen-bond donors (Lipinski definition) is 2. The normalized spacial score (nSPS) is 14.2. The van der Waals surface area contributed by atoms with Crippen LogP contribution in [-0.4, -0.2) is 29.2 Å². The van der Waals surface area contributed by atoms with Crippen LogP contribution < -0.4 is 15.0 Å². The zero-order valence-electron chi connectivity index (χ0n) is 18.7. The van der Waals surface area contributed by atoms with Crippen molar-refractivity contribution < 1.29 is 27.8 Å². The summed E-state index contributed by atoms with van der Waals surface area (Å²) in [7, 11) is 0. The molecular weight excluding hydrogens is 447 g/mol. The van der Waals surface area contributed by atoms with E-state index in [1.165, 1.54) is 18.2 Å². The number of ether oxygens (including phenoxy) is 1. The fourth-order valence-electron chi connectivity index (χ4n) is 3.95. The lowest BCUT2D eigenvalue weighted by molar-refractivity contribution is -0.137. The molecule has 6 nitrogen and oxygen atoms in total. The van der Waals surface area contributed by atoms with Crippen molar-refractivity contribution in [1.29, 1.82) is 0 Å². The highest BCUT2D eigenvalue weighted by molar-refractivity contribution is 5.87. The van der Waals surface area contributed by atoms with Gasteiger partial charge in [-0.05, 0) is 49.2 Å². The minimum atomic E-state index is -4.41. The summed E-state index contributed by atoms with van der Waals surface area (Å²) >= 11 is 0. The summed E-state index contributed by atoms with van der Waals surface area (Å²) in [6, 6.07) is 11.7. The van der Waals surface area contributed by atoms with Gasteiger partial charge < -0.3 is 20.1 Å². The lowest BCUT2D eigenvalue weighted by atomic mass is 10.1. The molecule has 0 saturated heterocycles. The monoisotopic (exact) mass is 471 g/mol. The first-order valence-corrected chi connectivity index (χ1v) is 10.8. The van der Waals surface area contributed by atoms with Gasteiger partial charge in [-0.15, -0.1) is 0 Å². The van der Waals surface area contributed by atoms with Gasteiger partial charge in [0, 0.05) is 18.3 Å². The number of aryl methyl sites for hydroxylation is 1. The van der Waals surface area contributed by atoms with Gasteiger partial charge in [0.15, 0.2) is 11.6 Å². The standard InChI is InChI=1S/C25H24F3N3O3/c1-15-13-29-23(30-16(2)18-6-8-19(9-7-18)24(32)33)21-22(15)34-11-10-31(21)14-17-4-3-5-20(12-17)25(26,27)28/h3-9,12-13,16H,10-11,14H2,1-2H3,(H,29,30)(H,32,33). The molecule has 0 aliphatic carbocycles. The summed E-state index contributed by atoms with van der Waals surface area (Å²) in [5, 5.41) is 12.5. The molecule has 178 valence electrons. The molecule has 1 unspecified atom stereocenters. The first kappa shape index (κ1) is 23.4. The van der Waals surface area contributed by atoms with Gasteiger partial charge in [0.1, 0.15) is 12.3 Å². The van der Waals surface area contributed by atoms with Gasteiger partial charge in [-0.2, -0.15) is 13.2 Å². The van der Waals surface area contributed by atoms with E-state index in [1.54, 1.807) is 24.4 Å². The van der Waals surface area contributed by atoms with Gasteiger partial charge in [-0.3, -0.25) is 0 Å². The van der Waals surface area contributed by atoms with Crippen LogP contribution in [0.3, 0.4) is 0 Å². The van der Waals surface area contributed by atoms with E-state index >= 15 is 0 Å². The second-order valence-corrected chi connectivity index (χ2v) is 8.23. The van der Waals surface area contributed by atoms with E-state index in [-0.39, 0.29) is 18.2 Å². The number of carbonyl (C=O) groups is 1. The highest BCUT2D eigenvalue weighted by Gasteiger charge is 2.31. The predicted molar refractivity (Wildman–Crippen MR) is 122 cm³/mol. The summed E-state index contributed by atoms with van der Waals surface area (Å²) in [6.07, 6.45) is -2.72. The minimum absolute atomic E-state index is 0.197. The summed E-state index contributed by atoms with van der Waals surface area (Å²) in [4.78, 5) is 17.6. The quantitative estimate of drug-likeness (QED) is 0.482. The Kier molecular flexibility index (Phi) is 6.37. The molecule has 2 heterocycles. The van der Waals surface area contributed by atoms with Crippen molar-refractivity contribution in [2.75, 3.05) is 23.4 Å². The zero-order chi connectivity index (χ0) is 24.5. The number of fused-ring (bicyclic) bond motifs is 1. The van der Waals surface area contributed by atoms with E-state index in [1.807, 2.05) is 18.7 Å². The molecule has 1 aliphatic rings. The molecule has 2 aromatic carbocycles. The lowest BCUT2D eigenvalue weighted by Gasteiger charge is -2.34. The summed E-state index contributed by atoms with van der Waals surface area (Å²) in [5.41, 5.74) is 2.43. The molecule has 0 spiro atoms. The molecule has 1 atom stereocenters. The minimum Gasteiger partial charge on any atom is -0.489 e. The van der Waals surface area contributed by atoms with Crippen molar-refractivity contribution in [2.24, 2.45) is 0 Å². The van der Waals surface area contributed by atoms with E-state index in [0.29, 0.717) is 36.0 Å². The molecule has 0 fully saturated rings. The van der Waals surface area contributed by atoms with Gasteiger partial charge in [0.2, 0.25) is 0 Å². The zero-order valence-corrected chi connectivity index (χ0v) is 18.7. The number of aromatic carboxylic acids is 1. The first-order valence-electron chi connectivity index (χ1n) is 10.8. The smallest absolute Gasteiger partial charge is 0.416 e. The number of anilines is 2. The van der Waals surface area contributed by atoms with E-state index in [9.17, 15) is 18.0 Å². The largest absolute Gasteiger partial charge is 0.489 e. The highest BCUT2D eigenvalue weighted by Crippen LogP contribution is 2.41. The van der Waals surface area contributed by atoms with Gasteiger partial charge in [-0.25, -0.2) is 9.78 Å². The van der Waals surface area contributed by atoms with Crippen LogP contribution in [0.2, 0.25) is 0 Å². The average Bonchev–Trinajstić information content (AvgIpc) is 2.81. The van der Waals surface area contributed by atoms with Crippen molar-refractivity contribution in [3.63, 3.8) is 0 Å². The molecule has 9 heteroatoms. The van der Waals surface area contributed by atoms with Crippen LogP contribution in [0.15, 0.2) is 54.7 Å². The maximum absolute atomic E-state index is 13.2. The molecule has 2 N–H and O–H groups in total. The summed E-state index contributed by atoms with van der Waals surface area (Å²) < 4.78 is 45.5. The third kappa shape index (κ3) is 4.93. The highest BCUT2D eigenvalue weighted by atomic mass is 19.4. The summed E-state index contributed by atoms with van der Waals surface area (Å²) in [6.45, 7) is 4.96. The Morgan fingerprint density at radius 1 is 1.24 bits per heavy atom. The van der Waals surface area contributed by atoms with Crippen molar-refractivity contribution in [2.45, 2.75) is 32.6 Å². The topological polar surface area (TPSA) is 74.7 Å². The number of benzene rings is 2. The van der Waals surface area contributed by atoms with E-state index < -0.39 is 17.7 Å². The van der Waals surface area contributed by atoms with Crippen molar-refractivity contribution >= 4 is 17.5 Å². The van der Waals surface area contributed by atoms with Gasteiger partial charge in [0.25, 0.3) is 0 Å². The number of aromatic nitrogens is 1.